The standard InChI is InChI=1S/C11H16N4S2/c1-6-10(8(3)16)12-14-15(5)13-11(7-2)9(4)17/h6-7H,3-4H2,1-2,5H3,(H-,16,17)/p+1/b10-6+,11-7+,14-12?,15-13+. The smallest absolute Gasteiger partial charge is 0.142 e. The molecule has 92 valence electrons. The van der Waals surface area contributed by atoms with Gasteiger partial charge in [-0.3, -0.25) is 0 Å². The molecule has 0 radical (unpaired) electrons. The van der Waals surface area contributed by atoms with Gasteiger partial charge in [0.2, 0.25) is 5.70 Å². The number of nitrogens with zero attached hydrogens (tertiary/aromatic N) is 4. The van der Waals surface area contributed by atoms with Gasteiger partial charge in [0.25, 0.3) is 0 Å². The highest BCUT2D eigenvalue weighted by Crippen LogP contribution is 2.14. The van der Waals surface area contributed by atoms with Crippen molar-refractivity contribution in [2.75, 3.05) is 7.05 Å². The Hall–Kier alpha value is -1.14. The van der Waals surface area contributed by atoms with E-state index in [0.29, 0.717) is 21.2 Å². The third-order valence-electron chi connectivity index (χ3n) is 1.67. The fourth-order valence-corrected chi connectivity index (χ4v) is 1.20. The van der Waals surface area contributed by atoms with Crippen LogP contribution in [0.25, 0.3) is 0 Å². The van der Waals surface area contributed by atoms with Crippen molar-refractivity contribution in [3.63, 3.8) is 0 Å². The van der Waals surface area contributed by atoms with Crippen molar-refractivity contribution in [1.29, 1.82) is 0 Å². The zero-order chi connectivity index (χ0) is 13.4. The molecule has 0 aromatic rings. The maximum absolute atomic E-state index is 4.14. The summed E-state index contributed by atoms with van der Waals surface area (Å²) in [5.41, 5.74) is 1.24. The highest BCUT2D eigenvalue weighted by molar-refractivity contribution is 7.85. The Kier molecular flexibility index (Phi) is 7.49. The fourth-order valence-electron chi connectivity index (χ4n) is 0.853. The van der Waals surface area contributed by atoms with E-state index in [4.69, 9.17) is 0 Å². The summed E-state index contributed by atoms with van der Waals surface area (Å²) < 4.78 is 0. The summed E-state index contributed by atoms with van der Waals surface area (Å²) in [6.07, 6.45) is 3.55. The molecule has 0 unspecified atom stereocenters. The van der Waals surface area contributed by atoms with Crippen LogP contribution in [0.5, 0.6) is 0 Å². The molecule has 17 heavy (non-hydrogen) atoms. The van der Waals surface area contributed by atoms with E-state index in [0.717, 1.165) is 0 Å². The summed E-state index contributed by atoms with van der Waals surface area (Å²) in [7, 11) is 1.66. The van der Waals surface area contributed by atoms with E-state index in [1.807, 2.05) is 13.8 Å². The molecular formula is C11H17N4S2+. The van der Waals surface area contributed by atoms with Gasteiger partial charge in [-0.1, -0.05) is 24.3 Å². The van der Waals surface area contributed by atoms with Crippen LogP contribution in [0.15, 0.2) is 62.0 Å². The first kappa shape index (κ1) is 15.9. The molecule has 4 nitrogen and oxygen atoms in total. The van der Waals surface area contributed by atoms with Gasteiger partial charge >= 0.3 is 0 Å². The molecule has 6 heteroatoms. The van der Waals surface area contributed by atoms with Gasteiger partial charge in [0.05, 0.1) is 10.0 Å². The van der Waals surface area contributed by atoms with Crippen molar-refractivity contribution < 1.29 is 4.81 Å². The summed E-state index contributed by atoms with van der Waals surface area (Å²) >= 11 is 8.21. The molecule has 0 fully saturated rings. The zero-order valence-corrected chi connectivity index (χ0v) is 12.0. The Morgan fingerprint density at radius 3 is 1.88 bits per heavy atom. The monoisotopic (exact) mass is 269 g/mol. The zero-order valence-electron chi connectivity index (χ0n) is 10.3. The second kappa shape index (κ2) is 8.03. The van der Waals surface area contributed by atoms with Gasteiger partial charge in [0, 0.05) is 4.91 Å². The number of rotatable bonds is 5. The van der Waals surface area contributed by atoms with Gasteiger partial charge in [-0.25, -0.2) is 0 Å². The maximum Gasteiger partial charge on any atom is 0.211 e. The highest BCUT2D eigenvalue weighted by Gasteiger charge is 2.04. The second-order valence-corrected chi connectivity index (χ2v) is 4.10. The van der Waals surface area contributed by atoms with Gasteiger partial charge in [-0.2, -0.15) is 0 Å². The number of hydrogen-bond acceptors (Lipinski definition) is 4. The van der Waals surface area contributed by atoms with E-state index in [2.05, 4.69) is 53.9 Å². The van der Waals surface area contributed by atoms with Crippen molar-refractivity contribution in [1.82, 2.24) is 0 Å². The molecular weight excluding hydrogens is 252 g/mol. The summed E-state index contributed by atoms with van der Waals surface area (Å²) in [6.45, 7) is 11.0. The largest absolute Gasteiger partial charge is 0.211 e. The molecule has 0 saturated carbocycles. The van der Waals surface area contributed by atoms with Gasteiger partial charge < -0.3 is 0 Å². The first-order chi connectivity index (χ1) is 7.92. The van der Waals surface area contributed by atoms with E-state index in [9.17, 15) is 0 Å². The van der Waals surface area contributed by atoms with Gasteiger partial charge in [-0.15, -0.1) is 25.3 Å². The van der Waals surface area contributed by atoms with Crippen molar-refractivity contribution >= 4 is 25.3 Å². The van der Waals surface area contributed by atoms with E-state index in [1.165, 1.54) is 4.81 Å². The van der Waals surface area contributed by atoms with Crippen LogP contribution in [0.4, 0.5) is 0 Å². The molecule has 0 heterocycles. The van der Waals surface area contributed by atoms with E-state index < -0.39 is 0 Å². The van der Waals surface area contributed by atoms with Crippen LogP contribution in [0, 0.1) is 0 Å². The average molecular weight is 269 g/mol. The predicted molar refractivity (Wildman–Crippen MR) is 77.2 cm³/mol. The molecule has 0 bridgehead atoms. The van der Waals surface area contributed by atoms with Crippen LogP contribution in [0.2, 0.25) is 0 Å². The Morgan fingerprint density at radius 2 is 1.53 bits per heavy atom. The van der Waals surface area contributed by atoms with Crippen molar-refractivity contribution in [2.24, 2.45) is 15.5 Å². The number of hydrogen-bond donors (Lipinski definition) is 2. The number of thiol groups is 2. The van der Waals surface area contributed by atoms with Crippen LogP contribution in [-0.2, 0) is 0 Å². The maximum atomic E-state index is 4.14. The Morgan fingerprint density at radius 1 is 1.06 bits per heavy atom. The topological polar surface area (TPSA) is 40.1 Å². The van der Waals surface area contributed by atoms with Gasteiger partial charge in [0.1, 0.15) is 12.7 Å². The molecule has 0 aliphatic carbocycles. The minimum atomic E-state index is 0.550. The molecule has 0 N–H and O–H groups in total. The van der Waals surface area contributed by atoms with Gasteiger partial charge in [0.15, 0.2) is 5.22 Å². The quantitative estimate of drug-likeness (QED) is 0.247. The first-order valence-electron chi connectivity index (χ1n) is 4.88. The SMILES string of the molecule is C=C(S)/C(=C\C)N=N/[N+](C)=N/C(=C/C)C(=C)S. The summed E-state index contributed by atoms with van der Waals surface area (Å²) in [6, 6.07) is 0. The molecule has 0 aliphatic heterocycles. The Labute approximate surface area is 113 Å². The fraction of sp³-hybridized carbons (Fsp3) is 0.273. The van der Waals surface area contributed by atoms with Crippen LogP contribution in [0.3, 0.4) is 0 Å². The average Bonchev–Trinajstić information content (AvgIpc) is 2.25. The van der Waals surface area contributed by atoms with E-state index in [1.54, 1.807) is 19.2 Å². The summed E-state index contributed by atoms with van der Waals surface area (Å²) in [4.78, 5) is 2.45. The molecule has 0 aromatic carbocycles. The third kappa shape index (κ3) is 6.23. The predicted octanol–water partition coefficient (Wildman–Crippen LogP) is 4.14. The number of allylic oxidation sites excluding steroid dienone is 2. The molecule has 0 spiro atoms. The minimum Gasteiger partial charge on any atom is -0.142 e. The lowest BCUT2D eigenvalue weighted by molar-refractivity contribution is -0.577. The first-order valence-corrected chi connectivity index (χ1v) is 5.78. The molecule has 0 aromatic heterocycles. The van der Waals surface area contributed by atoms with Crippen LogP contribution in [0.1, 0.15) is 13.8 Å². The lowest BCUT2D eigenvalue weighted by atomic mass is 10.4. The van der Waals surface area contributed by atoms with E-state index in [-0.39, 0.29) is 0 Å². The summed E-state index contributed by atoms with van der Waals surface area (Å²) in [5, 5.41) is 12.0. The van der Waals surface area contributed by atoms with Gasteiger partial charge in [-0.05, 0) is 24.7 Å². The summed E-state index contributed by atoms with van der Waals surface area (Å²) in [5.74, 6) is 0. The molecule has 0 amide bonds. The van der Waals surface area contributed by atoms with Crippen LogP contribution < -0.4 is 0 Å². The Balaban J connectivity index is 4.92. The highest BCUT2D eigenvalue weighted by atomic mass is 32.1. The van der Waals surface area contributed by atoms with Crippen molar-refractivity contribution in [3.8, 4) is 0 Å². The van der Waals surface area contributed by atoms with Crippen molar-refractivity contribution in [3.05, 3.63) is 46.5 Å². The third-order valence-corrected chi connectivity index (χ3v) is 2.13. The molecule has 0 saturated heterocycles. The van der Waals surface area contributed by atoms with Crippen LogP contribution in [-0.4, -0.2) is 11.9 Å². The molecule has 0 aliphatic rings. The van der Waals surface area contributed by atoms with E-state index >= 15 is 0 Å². The number of azo groups is 1. The normalized spacial score (nSPS) is 14.3. The molecule has 0 atom stereocenters. The Bertz CT molecular complexity index is 431. The lowest BCUT2D eigenvalue weighted by Gasteiger charge is -1.94. The van der Waals surface area contributed by atoms with Crippen LogP contribution >= 0.6 is 25.3 Å². The minimum absolute atomic E-state index is 0.550. The molecule has 0 rings (SSSR count). The lowest BCUT2D eigenvalue weighted by Crippen LogP contribution is -1.93. The second-order valence-electron chi connectivity index (χ2n) is 3.02. The van der Waals surface area contributed by atoms with Crippen molar-refractivity contribution in [2.45, 2.75) is 13.8 Å².